The molecule has 1 saturated carbocycles. The van der Waals surface area contributed by atoms with Gasteiger partial charge in [-0.25, -0.2) is 13.1 Å². The van der Waals surface area contributed by atoms with Crippen LogP contribution in [-0.4, -0.2) is 43.9 Å². The summed E-state index contributed by atoms with van der Waals surface area (Å²) >= 11 is 6.28. The van der Waals surface area contributed by atoms with Crippen LogP contribution in [0.15, 0.2) is 48.6 Å². The maximum atomic E-state index is 13.1. The quantitative estimate of drug-likeness (QED) is 0.419. The molecule has 1 aliphatic carbocycles. The van der Waals surface area contributed by atoms with Crippen molar-refractivity contribution in [2.24, 2.45) is 11.8 Å². The van der Waals surface area contributed by atoms with Crippen LogP contribution in [0, 0.1) is 11.8 Å². The summed E-state index contributed by atoms with van der Waals surface area (Å²) in [7, 11) is -3.86. The minimum Gasteiger partial charge on any atom is -0.487 e. The first-order chi connectivity index (χ1) is 18.7. The van der Waals surface area contributed by atoms with Crippen LogP contribution in [0.3, 0.4) is 0 Å². The van der Waals surface area contributed by atoms with Crippen LogP contribution in [-0.2, 0) is 23.1 Å². The van der Waals surface area contributed by atoms with Crippen molar-refractivity contribution in [2.45, 2.75) is 69.8 Å². The molecule has 0 aromatic heterocycles. The maximum absolute atomic E-state index is 13.1. The van der Waals surface area contributed by atoms with Crippen LogP contribution in [0.1, 0.15) is 66.9 Å². The van der Waals surface area contributed by atoms with E-state index in [1.54, 1.807) is 25.1 Å². The molecular weight excluding hydrogens is 536 g/mol. The van der Waals surface area contributed by atoms with Gasteiger partial charge in [0.15, 0.2) is 0 Å². The molecule has 5 rings (SSSR count). The fraction of sp³-hybridized carbons (Fsp3) is 0.500. The fourth-order valence-electron chi connectivity index (χ4n) is 5.79. The number of fused-ring (bicyclic) bond motifs is 3. The maximum Gasteiger partial charge on any atom is 0.264 e. The van der Waals surface area contributed by atoms with E-state index in [4.69, 9.17) is 16.3 Å². The van der Waals surface area contributed by atoms with Gasteiger partial charge in [-0.15, -0.1) is 0 Å². The summed E-state index contributed by atoms with van der Waals surface area (Å²) in [6.45, 7) is 3.44. The molecule has 1 amide bonds. The summed E-state index contributed by atoms with van der Waals surface area (Å²) < 4.78 is 34.4. The molecule has 3 aliphatic rings. The molecule has 2 heterocycles. The number of halogens is 1. The van der Waals surface area contributed by atoms with Crippen LogP contribution in [0.4, 0.5) is 5.69 Å². The number of carbonyl (C=O) groups is 1. The second kappa shape index (κ2) is 11.9. The van der Waals surface area contributed by atoms with E-state index < -0.39 is 27.3 Å². The first-order valence-corrected chi connectivity index (χ1v) is 15.8. The molecule has 9 heteroatoms. The Bertz CT molecular complexity index is 1340. The Morgan fingerprint density at radius 2 is 1.92 bits per heavy atom. The molecule has 4 atom stereocenters. The Hall–Kier alpha value is -2.55. The topological polar surface area (TPSA) is 95.9 Å². The van der Waals surface area contributed by atoms with E-state index in [-0.39, 0.29) is 11.5 Å². The largest absolute Gasteiger partial charge is 0.487 e. The normalized spacial score (nSPS) is 28.4. The van der Waals surface area contributed by atoms with Crippen molar-refractivity contribution in [3.63, 3.8) is 0 Å². The molecule has 2 aromatic rings. The number of anilines is 1. The minimum atomic E-state index is -3.86. The number of aliphatic hydroxyl groups excluding tert-OH is 1. The molecular formula is C30H37ClN2O5S. The van der Waals surface area contributed by atoms with E-state index in [0.29, 0.717) is 36.1 Å². The van der Waals surface area contributed by atoms with Crippen molar-refractivity contribution in [2.75, 3.05) is 18.0 Å². The highest BCUT2D eigenvalue weighted by atomic mass is 35.5. The van der Waals surface area contributed by atoms with Crippen LogP contribution >= 0.6 is 11.6 Å². The number of sulfonamides is 1. The van der Waals surface area contributed by atoms with Gasteiger partial charge in [0.1, 0.15) is 12.4 Å². The van der Waals surface area contributed by atoms with Crippen molar-refractivity contribution in [3.05, 3.63) is 70.3 Å². The molecule has 2 aromatic carbocycles. The van der Waals surface area contributed by atoms with Crippen LogP contribution < -0.4 is 14.4 Å². The summed E-state index contributed by atoms with van der Waals surface area (Å²) in [4.78, 5) is 15.4. The van der Waals surface area contributed by atoms with E-state index in [2.05, 4.69) is 9.62 Å². The van der Waals surface area contributed by atoms with Gasteiger partial charge in [-0.1, -0.05) is 29.8 Å². The molecule has 0 radical (unpaired) electrons. The first-order valence-electron chi connectivity index (χ1n) is 13.9. The Labute approximate surface area is 236 Å². The van der Waals surface area contributed by atoms with Gasteiger partial charge in [0.2, 0.25) is 10.0 Å². The third kappa shape index (κ3) is 6.44. The number of hydrogen-bond donors (Lipinski definition) is 2. The van der Waals surface area contributed by atoms with Gasteiger partial charge in [-0.05, 0) is 105 Å². The highest BCUT2D eigenvalue weighted by Crippen LogP contribution is 2.41. The number of nitrogens with zero attached hydrogens (tertiary/aromatic N) is 1. The van der Waals surface area contributed by atoms with Gasteiger partial charge in [0.25, 0.3) is 5.91 Å². The van der Waals surface area contributed by atoms with Gasteiger partial charge < -0.3 is 14.7 Å². The van der Waals surface area contributed by atoms with E-state index in [1.807, 2.05) is 30.4 Å². The number of amides is 1. The number of rotatable bonds is 0. The van der Waals surface area contributed by atoms with E-state index in [1.165, 1.54) is 5.56 Å². The third-order valence-electron chi connectivity index (χ3n) is 8.45. The predicted molar refractivity (Wildman–Crippen MR) is 154 cm³/mol. The number of benzene rings is 2. The summed E-state index contributed by atoms with van der Waals surface area (Å²) in [5, 5.41) is 10.9. The van der Waals surface area contributed by atoms with Crippen LogP contribution in [0.2, 0.25) is 5.02 Å². The molecule has 1 fully saturated rings. The number of aryl methyl sites for hydroxylation is 1. The van der Waals surface area contributed by atoms with Crippen molar-refractivity contribution >= 4 is 33.2 Å². The number of allylic oxidation sites excluding steroid dienone is 1. The fourth-order valence-corrected chi connectivity index (χ4v) is 7.01. The predicted octanol–water partition coefficient (Wildman–Crippen LogP) is 5.25. The molecule has 39 heavy (non-hydrogen) atoms. The monoisotopic (exact) mass is 572 g/mol. The summed E-state index contributed by atoms with van der Waals surface area (Å²) in [6.07, 6.45) is 8.76. The average molecular weight is 573 g/mol. The zero-order valence-electron chi connectivity index (χ0n) is 22.3. The summed E-state index contributed by atoms with van der Waals surface area (Å²) in [5.41, 5.74) is 3.29. The van der Waals surface area contributed by atoms with E-state index in [9.17, 15) is 18.3 Å². The molecule has 0 saturated heterocycles. The zero-order valence-corrected chi connectivity index (χ0v) is 23.9. The van der Waals surface area contributed by atoms with Crippen molar-refractivity contribution < 1.29 is 23.1 Å². The summed E-state index contributed by atoms with van der Waals surface area (Å²) in [5.74, 6) is 0.459. The van der Waals surface area contributed by atoms with Crippen molar-refractivity contribution in [3.8, 4) is 5.75 Å². The lowest BCUT2D eigenvalue weighted by Crippen LogP contribution is -2.43. The Balaban J connectivity index is 1.53. The molecule has 2 N–H and O–H groups in total. The standard InChI is InChI=1S/C30H37ClN2O5S/c1-20-6-2-3-8-28(34)26-13-10-23(26)18-33-15-5-4-7-21-16-25(31)12-9-24(21)19-38-29-14-11-22(17-27(29)33)30(35)32-39(20,36)37/h3,8-9,11-12,14,16-17,20,23,26,28,34H,2,4-7,10,13,15,18-19H2,1H3,(H,32,35)/b8-3+/t20-,23+,26-,28+/m1/s1. The third-order valence-corrected chi connectivity index (χ3v) is 10.4. The Morgan fingerprint density at radius 1 is 1.08 bits per heavy atom. The van der Waals surface area contributed by atoms with Gasteiger partial charge in [-0.2, -0.15) is 0 Å². The summed E-state index contributed by atoms with van der Waals surface area (Å²) in [6, 6.07) is 11.0. The van der Waals surface area contributed by atoms with E-state index >= 15 is 0 Å². The molecule has 7 nitrogen and oxygen atoms in total. The SMILES string of the molecule is C[C@@H]1CC/C=C/[C@H](O)[C@@H]2CC[C@H]2CN2CCCCc3cc(Cl)ccc3COc3ccc(cc32)C(=O)NS1(=O)=O. The van der Waals surface area contributed by atoms with Crippen molar-refractivity contribution in [1.29, 1.82) is 0 Å². The molecule has 0 spiro atoms. The number of carbonyl (C=O) groups excluding carboxylic acids is 1. The zero-order chi connectivity index (χ0) is 27.6. The highest BCUT2D eigenvalue weighted by Gasteiger charge is 2.37. The van der Waals surface area contributed by atoms with E-state index in [0.717, 1.165) is 56.4 Å². The Kier molecular flexibility index (Phi) is 8.55. The lowest BCUT2D eigenvalue weighted by atomic mass is 9.70. The highest BCUT2D eigenvalue weighted by molar-refractivity contribution is 7.90. The lowest BCUT2D eigenvalue weighted by Gasteiger charge is -2.42. The molecule has 0 unspecified atom stereocenters. The molecule has 2 bridgehead atoms. The molecule has 2 aliphatic heterocycles. The Morgan fingerprint density at radius 3 is 2.72 bits per heavy atom. The van der Waals surface area contributed by atoms with Gasteiger partial charge in [0.05, 0.1) is 17.0 Å². The van der Waals surface area contributed by atoms with Gasteiger partial charge in [-0.3, -0.25) is 4.79 Å². The average Bonchev–Trinajstić information content (AvgIpc) is 2.91. The van der Waals surface area contributed by atoms with Crippen molar-refractivity contribution in [1.82, 2.24) is 4.72 Å². The number of aliphatic hydroxyl groups is 1. The second-order valence-corrected chi connectivity index (χ2v) is 13.6. The minimum absolute atomic E-state index is 0.149. The first kappa shape index (κ1) is 28.0. The number of hydrogen-bond acceptors (Lipinski definition) is 6. The van der Waals surface area contributed by atoms with Gasteiger partial charge >= 0.3 is 0 Å². The van der Waals surface area contributed by atoms with Gasteiger partial charge in [0, 0.05) is 23.7 Å². The smallest absolute Gasteiger partial charge is 0.264 e. The van der Waals surface area contributed by atoms with Crippen LogP contribution in [0.5, 0.6) is 5.75 Å². The van der Waals surface area contributed by atoms with Crippen LogP contribution in [0.25, 0.3) is 0 Å². The molecule has 210 valence electrons. The second-order valence-electron chi connectivity index (χ2n) is 11.1. The lowest BCUT2D eigenvalue weighted by molar-refractivity contribution is 0.0461. The number of ether oxygens (including phenoxy) is 1. The number of nitrogens with one attached hydrogen (secondary N) is 1.